The van der Waals surface area contributed by atoms with Crippen molar-refractivity contribution < 1.29 is 4.79 Å². The van der Waals surface area contributed by atoms with Gasteiger partial charge in [-0.2, -0.15) is 0 Å². The number of hydrogen-bond donors (Lipinski definition) is 2. The maximum absolute atomic E-state index is 10.0. The quantitative estimate of drug-likeness (QED) is 0.310. The molecule has 0 saturated carbocycles. The van der Waals surface area contributed by atoms with E-state index in [1.165, 1.54) is 12.3 Å². The Balaban J connectivity index is 3.24. The first-order chi connectivity index (χ1) is 4.27. The van der Waals surface area contributed by atoms with Crippen LogP contribution in [0.3, 0.4) is 0 Å². The minimum atomic E-state index is -0.452. The Hall–Kier alpha value is -1.25. The fraction of sp³-hybridized carbons (Fsp3) is 0.167. The van der Waals surface area contributed by atoms with Gasteiger partial charge in [-0.1, -0.05) is 6.08 Å². The number of carbonyl (C=O) groups excluding carboxylic acids is 1. The molecule has 0 saturated heterocycles. The van der Waals surface area contributed by atoms with Gasteiger partial charge in [0.15, 0.2) is 0 Å². The van der Waals surface area contributed by atoms with Crippen LogP contribution in [0.25, 0.3) is 0 Å². The molecule has 0 spiro atoms. The summed E-state index contributed by atoms with van der Waals surface area (Å²) in [6.07, 6.45) is 4.43. The zero-order chi connectivity index (χ0) is 7.11. The SMILES string of the molecule is C=CCNC=CC(N)=O. The van der Waals surface area contributed by atoms with Crippen molar-refractivity contribution in [1.29, 1.82) is 0 Å². The lowest BCUT2D eigenvalue weighted by Gasteiger charge is -1.89. The second-order valence-electron chi connectivity index (χ2n) is 1.43. The minimum Gasteiger partial charge on any atom is -0.387 e. The molecule has 0 aliphatic heterocycles. The Kier molecular flexibility index (Phi) is 4.22. The van der Waals surface area contributed by atoms with Crippen LogP contribution in [-0.2, 0) is 4.79 Å². The van der Waals surface area contributed by atoms with E-state index in [9.17, 15) is 4.79 Å². The highest BCUT2D eigenvalue weighted by atomic mass is 16.1. The average Bonchev–Trinajstić information content (AvgIpc) is 1.80. The van der Waals surface area contributed by atoms with Crippen LogP contribution in [0.5, 0.6) is 0 Å². The molecule has 1 amide bonds. The van der Waals surface area contributed by atoms with Gasteiger partial charge >= 0.3 is 0 Å². The molecule has 0 bridgehead atoms. The van der Waals surface area contributed by atoms with E-state index in [1.54, 1.807) is 6.08 Å². The summed E-state index contributed by atoms with van der Waals surface area (Å²) in [5.41, 5.74) is 4.78. The lowest BCUT2D eigenvalue weighted by Crippen LogP contribution is -2.09. The molecule has 0 radical (unpaired) electrons. The smallest absolute Gasteiger partial charge is 0.242 e. The molecule has 0 aliphatic carbocycles. The van der Waals surface area contributed by atoms with Crippen molar-refractivity contribution in [2.45, 2.75) is 0 Å². The molecule has 9 heavy (non-hydrogen) atoms. The average molecular weight is 126 g/mol. The second kappa shape index (κ2) is 4.90. The lowest BCUT2D eigenvalue weighted by molar-refractivity contribution is -0.113. The van der Waals surface area contributed by atoms with Gasteiger partial charge in [0.2, 0.25) is 5.91 Å². The Bertz CT molecular complexity index is 129. The summed E-state index contributed by atoms with van der Waals surface area (Å²) in [6.45, 7) is 4.11. The van der Waals surface area contributed by atoms with Crippen molar-refractivity contribution in [1.82, 2.24) is 5.32 Å². The Morgan fingerprint density at radius 1 is 1.78 bits per heavy atom. The molecule has 0 aromatic carbocycles. The Morgan fingerprint density at radius 2 is 2.44 bits per heavy atom. The highest BCUT2D eigenvalue weighted by molar-refractivity contribution is 5.85. The number of nitrogens with two attached hydrogens (primary N) is 1. The van der Waals surface area contributed by atoms with Gasteiger partial charge in [0.25, 0.3) is 0 Å². The molecular formula is C6H10N2O. The molecular weight excluding hydrogens is 116 g/mol. The van der Waals surface area contributed by atoms with E-state index >= 15 is 0 Å². The first kappa shape index (κ1) is 7.75. The number of carbonyl (C=O) groups is 1. The van der Waals surface area contributed by atoms with E-state index in [4.69, 9.17) is 5.73 Å². The molecule has 0 heterocycles. The summed E-state index contributed by atoms with van der Waals surface area (Å²) in [7, 11) is 0. The summed E-state index contributed by atoms with van der Waals surface area (Å²) < 4.78 is 0. The summed E-state index contributed by atoms with van der Waals surface area (Å²) in [5, 5.41) is 2.77. The summed E-state index contributed by atoms with van der Waals surface area (Å²) in [6, 6.07) is 0. The van der Waals surface area contributed by atoms with E-state index in [2.05, 4.69) is 11.9 Å². The molecule has 0 fully saturated rings. The molecule has 0 atom stereocenters. The van der Waals surface area contributed by atoms with Gasteiger partial charge in [-0.25, -0.2) is 0 Å². The Labute approximate surface area is 54.2 Å². The largest absolute Gasteiger partial charge is 0.387 e. The number of amides is 1. The van der Waals surface area contributed by atoms with Gasteiger partial charge in [0, 0.05) is 18.8 Å². The van der Waals surface area contributed by atoms with Crippen molar-refractivity contribution in [3.8, 4) is 0 Å². The van der Waals surface area contributed by atoms with Crippen molar-refractivity contribution in [3.63, 3.8) is 0 Å². The Morgan fingerprint density at radius 3 is 2.89 bits per heavy atom. The molecule has 3 heteroatoms. The molecule has 0 unspecified atom stereocenters. The number of primary amides is 1. The van der Waals surface area contributed by atoms with E-state index in [-0.39, 0.29) is 0 Å². The first-order valence-electron chi connectivity index (χ1n) is 2.57. The van der Waals surface area contributed by atoms with Gasteiger partial charge in [-0.15, -0.1) is 6.58 Å². The third-order valence-corrected chi connectivity index (χ3v) is 0.628. The fourth-order valence-electron chi connectivity index (χ4n) is 0.292. The molecule has 50 valence electrons. The van der Waals surface area contributed by atoms with Crippen LogP contribution in [0.2, 0.25) is 0 Å². The van der Waals surface area contributed by atoms with Gasteiger partial charge < -0.3 is 11.1 Å². The van der Waals surface area contributed by atoms with Crippen LogP contribution in [0.1, 0.15) is 0 Å². The summed E-state index contributed by atoms with van der Waals surface area (Å²) in [4.78, 5) is 10.0. The van der Waals surface area contributed by atoms with Crippen molar-refractivity contribution in [2.75, 3.05) is 6.54 Å². The summed E-state index contributed by atoms with van der Waals surface area (Å²) in [5.74, 6) is -0.452. The normalized spacial score (nSPS) is 9.33. The highest BCUT2D eigenvalue weighted by Crippen LogP contribution is 1.64. The lowest BCUT2D eigenvalue weighted by atomic mass is 10.5. The van der Waals surface area contributed by atoms with Crippen LogP contribution >= 0.6 is 0 Å². The van der Waals surface area contributed by atoms with Crippen LogP contribution in [0.15, 0.2) is 24.9 Å². The maximum Gasteiger partial charge on any atom is 0.242 e. The predicted molar refractivity (Wildman–Crippen MR) is 36.5 cm³/mol. The second-order valence-corrected chi connectivity index (χ2v) is 1.43. The highest BCUT2D eigenvalue weighted by Gasteiger charge is 1.77. The third-order valence-electron chi connectivity index (χ3n) is 0.628. The van der Waals surface area contributed by atoms with E-state index in [0.717, 1.165) is 0 Å². The standard InChI is InChI=1S/C6H10N2O/c1-2-4-8-5-3-6(7)9/h2-3,5,8H,1,4H2,(H2,7,9). The van der Waals surface area contributed by atoms with Gasteiger partial charge in [0.05, 0.1) is 0 Å². The fourth-order valence-corrected chi connectivity index (χ4v) is 0.292. The third kappa shape index (κ3) is 6.75. The van der Waals surface area contributed by atoms with E-state index < -0.39 is 5.91 Å². The maximum atomic E-state index is 10.0. The monoisotopic (exact) mass is 126 g/mol. The molecule has 0 aromatic rings. The van der Waals surface area contributed by atoms with Crippen molar-refractivity contribution >= 4 is 5.91 Å². The van der Waals surface area contributed by atoms with Crippen molar-refractivity contribution in [3.05, 3.63) is 24.9 Å². The topological polar surface area (TPSA) is 55.1 Å². The minimum absolute atomic E-state index is 0.452. The van der Waals surface area contributed by atoms with Crippen LogP contribution in [0, 0.1) is 0 Å². The van der Waals surface area contributed by atoms with Crippen LogP contribution < -0.4 is 11.1 Å². The number of nitrogens with one attached hydrogen (secondary N) is 1. The first-order valence-corrected chi connectivity index (χ1v) is 2.57. The molecule has 0 aliphatic rings. The van der Waals surface area contributed by atoms with Gasteiger partial charge in [-0.05, 0) is 0 Å². The predicted octanol–water partition coefficient (Wildman–Crippen LogP) is -0.239. The van der Waals surface area contributed by atoms with E-state index in [0.29, 0.717) is 6.54 Å². The van der Waals surface area contributed by atoms with Crippen LogP contribution in [-0.4, -0.2) is 12.5 Å². The molecule has 3 N–H and O–H groups in total. The van der Waals surface area contributed by atoms with Gasteiger partial charge in [0.1, 0.15) is 0 Å². The van der Waals surface area contributed by atoms with Crippen molar-refractivity contribution in [2.24, 2.45) is 5.73 Å². The van der Waals surface area contributed by atoms with Crippen LogP contribution in [0.4, 0.5) is 0 Å². The molecule has 0 aromatic heterocycles. The number of hydrogen-bond acceptors (Lipinski definition) is 2. The zero-order valence-electron chi connectivity index (χ0n) is 5.13. The molecule has 0 rings (SSSR count). The molecule has 3 nitrogen and oxygen atoms in total. The van der Waals surface area contributed by atoms with Gasteiger partial charge in [-0.3, -0.25) is 4.79 Å². The zero-order valence-corrected chi connectivity index (χ0v) is 5.13. The van der Waals surface area contributed by atoms with E-state index in [1.807, 2.05) is 0 Å². The number of rotatable bonds is 4. The summed E-state index contributed by atoms with van der Waals surface area (Å²) >= 11 is 0.